The van der Waals surface area contributed by atoms with Crippen LogP contribution < -0.4 is 0 Å². The highest BCUT2D eigenvalue weighted by Crippen LogP contribution is 2.68. The average molecular weight is 871 g/mol. The van der Waals surface area contributed by atoms with Gasteiger partial charge in [0.2, 0.25) is 0 Å². The normalized spacial score (nSPS) is 40.7. The number of hydrogen-bond acceptors (Lipinski definition) is 14. The Labute approximate surface area is 325 Å². The summed E-state index contributed by atoms with van der Waals surface area (Å²) in [6.07, 6.45) is -0.333. The van der Waals surface area contributed by atoms with E-state index < -0.39 is 85.0 Å². The molecule has 0 aromatic heterocycles. The molecule has 14 atom stereocenters. The molecule has 0 aromatic carbocycles. The van der Waals surface area contributed by atoms with Crippen molar-refractivity contribution in [1.82, 2.24) is 0 Å². The van der Waals surface area contributed by atoms with Gasteiger partial charge in [0.25, 0.3) is 0 Å². The van der Waals surface area contributed by atoms with Crippen LogP contribution in [0.4, 0.5) is 0 Å². The summed E-state index contributed by atoms with van der Waals surface area (Å²) in [5.74, 6) is 3.95. The van der Waals surface area contributed by atoms with E-state index in [9.17, 15) is 47.3 Å². The summed E-state index contributed by atoms with van der Waals surface area (Å²) in [4.78, 5) is 0. The Morgan fingerprint density at radius 2 is 1.25 bits per heavy atom. The maximum atomic E-state index is 12.0. The zero-order valence-electron chi connectivity index (χ0n) is 31.8. The van der Waals surface area contributed by atoms with Crippen molar-refractivity contribution in [2.45, 2.75) is 148 Å². The highest BCUT2D eigenvalue weighted by Gasteiger charge is 2.61. The van der Waals surface area contributed by atoms with E-state index in [1.165, 1.54) is 38.5 Å². The highest BCUT2D eigenvalue weighted by molar-refractivity contribution is 7.81. The van der Waals surface area contributed by atoms with Gasteiger partial charge in [-0.2, -0.15) is 33.7 Å². The third-order valence-corrected chi connectivity index (χ3v) is 15.6. The van der Waals surface area contributed by atoms with Crippen LogP contribution in [0.5, 0.6) is 0 Å². The van der Waals surface area contributed by atoms with E-state index in [1.807, 2.05) is 0 Å². The summed E-state index contributed by atoms with van der Waals surface area (Å²) in [6.45, 7) is 10.5. The maximum absolute atomic E-state index is 12.0. The molecule has 322 valence electrons. The van der Waals surface area contributed by atoms with E-state index >= 15 is 0 Å². The number of ether oxygens (including phenoxy) is 2. The van der Waals surface area contributed by atoms with Crippen molar-refractivity contribution in [1.29, 1.82) is 0 Å². The number of rotatable bonds is 16. The maximum Gasteiger partial charge on any atom is 0.397 e. The zero-order valence-corrected chi connectivity index (χ0v) is 35.1. The molecule has 4 saturated carbocycles. The minimum absolute atomic E-state index is 0.0419. The van der Waals surface area contributed by atoms with E-state index in [2.05, 4.69) is 51.4 Å². The molecular formula is C33H58O18S4. The molecule has 5 rings (SSSR count). The Kier molecular flexibility index (Phi) is 13.9. The van der Waals surface area contributed by atoms with Crippen molar-refractivity contribution in [3.63, 3.8) is 0 Å². The molecule has 0 unspecified atom stereocenters. The minimum Gasteiger partial charge on any atom is -0.347 e. The number of fused-ring (bicyclic) bond motifs is 5. The van der Waals surface area contributed by atoms with Crippen LogP contribution in [0.2, 0.25) is 0 Å². The molecule has 1 heterocycles. The molecule has 0 aromatic rings. The van der Waals surface area contributed by atoms with Gasteiger partial charge in [0, 0.05) is 0 Å². The molecule has 22 heteroatoms. The van der Waals surface area contributed by atoms with Gasteiger partial charge in [0.05, 0.1) is 12.7 Å². The van der Waals surface area contributed by atoms with Crippen molar-refractivity contribution in [2.75, 3.05) is 6.61 Å². The van der Waals surface area contributed by atoms with Gasteiger partial charge in [0.15, 0.2) is 12.4 Å². The van der Waals surface area contributed by atoms with Crippen molar-refractivity contribution >= 4 is 41.6 Å². The summed E-state index contributed by atoms with van der Waals surface area (Å²) in [7, 11) is -22.0. The fourth-order valence-electron chi connectivity index (χ4n) is 11.6. The van der Waals surface area contributed by atoms with E-state index in [-0.39, 0.29) is 11.3 Å². The second-order valence-corrected chi connectivity index (χ2v) is 21.7. The van der Waals surface area contributed by atoms with Crippen LogP contribution in [0.1, 0.15) is 112 Å². The van der Waals surface area contributed by atoms with Gasteiger partial charge in [-0.15, -0.1) is 0 Å². The van der Waals surface area contributed by atoms with Crippen LogP contribution in [0.15, 0.2) is 0 Å². The third kappa shape index (κ3) is 11.2. The van der Waals surface area contributed by atoms with E-state index in [0.29, 0.717) is 60.2 Å². The fraction of sp³-hybridized carbons (Fsp3) is 1.00. The Morgan fingerprint density at radius 3 is 1.85 bits per heavy atom. The molecule has 1 saturated heterocycles. The summed E-state index contributed by atoms with van der Waals surface area (Å²) in [6, 6.07) is 0. The van der Waals surface area contributed by atoms with E-state index in [0.717, 1.165) is 19.3 Å². The lowest BCUT2D eigenvalue weighted by molar-refractivity contribution is -0.304. The highest BCUT2D eigenvalue weighted by atomic mass is 32.3. The smallest absolute Gasteiger partial charge is 0.347 e. The van der Waals surface area contributed by atoms with Crippen molar-refractivity contribution < 1.29 is 78.1 Å². The molecule has 0 spiro atoms. The molecule has 0 radical (unpaired) electrons. The molecule has 55 heavy (non-hydrogen) atoms. The molecule has 18 nitrogen and oxygen atoms in total. The second-order valence-electron chi connectivity index (χ2n) is 17.4. The lowest BCUT2D eigenvalue weighted by atomic mass is 9.44. The Balaban J connectivity index is 1.35. The van der Waals surface area contributed by atoms with Crippen LogP contribution in [-0.2, 0) is 67.8 Å². The van der Waals surface area contributed by atoms with Gasteiger partial charge in [-0.3, -0.25) is 18.2 Å². The Hall–Kier alpha value is -0.600. The number of hydrogen-bond donors (Lipinski definition) is 4. The van der Waals surface area contributed by atoms with Gasteiger partial charge < -0.3 is 9.47 Å². The predicted molar refractivity (Wildman–Crippen MR) is 193 cm³/mol. The zero-order chi connectivity index (χ0) is 40.9. The van der Waals surface area contributed by atoms with Crippen LogP contribution in [0.3, 0.4) is 0 Å². The fourth-order valence-corrected chi connectivity index (χ4v) is 13.4. The molecule has 5 fully saturated rings. The lowest BCUT2D eigenvalue weighted by Crippen LogP contribution is -2.63. The SMILES string of the molecule is CC(C)CCC[C@@H](C)[C@H]1CC[C@H]2[C@@H]3CC[C@H]4C[C@@H](O[C@H]5O[C@H](COS(=O)(=O)O)[C@@H](OS(=O)(=O)O)[C@H](OS(=O)(=O)O)[C@@H]5OS(=O)(=O)O)CC[C@]4(C)[C@H]3CC[C@]12C. The van der Waals surface area contributed by atoms with Crippen LogP contribution in [-0.4, -0.2) is 95.3 Å². The molecule has 5 aliphatic rings. The van der Waals surface area contributed by atoms with Crippen LogP contribution in [0.25, 0.3) is 0 Å². The summed E-state index contributed by atoms with van der Waals surface area (Å²) in [5.41, 5.74) is 0.259. The van der Waals surface area contributed by atoms with Gasteiger partial charge in [0.1, 0.15) is 18.3 Å². The summed E-state index contributed by atoms with van der Waals surface area (Å²) >= 11 is 0. The van der Waals surface area contributed by atoms with Gasteiger partial charge in [-0.1, -0.05) is 53.9 Å². The van der Waals surface area contributed by atoms with Crippen LogP contribution >= 0.6 is 0 Å². The molecule has 4 N–H and O–H groups in total. The standard InChI is InChI=1S/C33H58O18S4/c1-19(2)7-6-8-20(3)24-11-12-25-23-10-9-21-17-22(13-15-32(21,4)26(23)14-16-33(24,25)5)47-31-30(51-55(43,44)45)29(50-54(40,41)42)28(49-53(37,38)39)27(48-31)18-46-52(34,35)36/h19-31H,6-18H2,1-5H3,(H,34,35,36)(H,37,38,39)(H,40,41,42)(H,43,44,45)/t20-,21+,22+,23+,24-,25+,26+,27-,28-,29+,30+,31+,32+,33-/m1/s1. The second kappa shape index (κ2) is 16.8. The first-order chi connectivity index (χ1) is 25.2. The first-order valence-corrected chi connectivity index (χ1v) is 24.5. The molecule has 0 amide bonds. The summed E-state index contributed by atoms with van der Waals surface area (Å²) < 4.78 is 162. The van der Waals surface area contributed by atoms with Gasteiger partial charge in [-0.05, 0) is 110 Å². The first kappa shape index (κ1) is 45.5. The average Bonchev–Trinajstić information content (AvgIpc) is 3.38. The predicted octanol–water partition coefficient (Wildman–Crippen LogP) is 4.60. The van der Waals surface area contributed by atoms with Crippen molar-refractivity contribution in [3.05, 3.63) is 0 Å². The Bertz CT molecular complexity index is 1790. The van der Waals surface area contributed by atoms with Gasteiger partial charge >= 0.3 is 41.6 Å². The van der Waals surface area contributed by atoms with Crippen LogP contribution in [0, 0.1) is 52.3 Å². The monoisotopic (exact) mass is 870 g/mol. The molecule has 0 bridgehead atoms. The Morgan fingerprint density at radius 1 is 0.673 bits per heavy atom. The van der Waals surface area contributed by atoms with Crippen molar-refractivity contribution in [2.24, 2.45) is 52.3 Å². The largest absolute Gasteiger partial charge is 0.397 e. The summed E-state index contributed by atoms with van der Waals surface area (Å²) in [5, 5.41) is 0. The van der Waals surface area contributed by atoms with E-state index in [4.69, 9.17) is 14.0 Å². The quantitative estimate of drug-likeness (QED) is 0.122. The minimum atomic E-state index is -5.62. The first-order valence-electron chi connectivity index (χ1n) is 19.1. The molecular weight excluding hydrogens is 813 g/mol. The van der Waals surface area contributed by atoms with Crippen molar-refractivity contribution in [3.8, 4) is 0 Å². The molecule has 4 aliphatic carbocycles. The van der Waals surface area contributed by atoms with Gasteiger partial charge in [-0.25, -0.2) is 16.7 Å². The third-order valence-electron chi connectivity index (χ3n) is 13.8. The topological polar surface area (TPSA) is 273 Å². The lowest BCUT2D eigenvalue weighted by Gasteiger charge is -2.61. The van der Waals surface area contributed by atoms with E-state index in [1.54, 1.807) is 0 Å². The molecule has 1 aliphatic heterocycles.